The molecule has 0 radical (unpaired) electrons. The molecule has 47 heavy (non-hydrogen) atoms. The highest BCUT2D eigenvalue weighted by atomic mass is 16.8. The maximum absolute atomic E-state index is 12.3. The van der Waals surface area contributed by atoms with Gasteiger partial charge in [0.15, 0.2) is 43.1 Å². The maximum atomic E-state index is 12.3. The predicted octanol–water partition coefficient (Wildman–Crippen LogP) is -0.191. The Balaban J connectivity index is 2.72. The molecular weight excluding hydrogens is 636 g/mol. The van der Waals surface area contributed by atoms with Crippen LogP contribution in [0.5, 0.6) is 0 Å². The van der Waals surface area contributed by atoms with Crippen LogP contribution in [0.15, 0.2) is 12.7 Å². The highest BCUT2D eigenvalue weighted by Gasteiger charge is 2.57. The van der Waals surface area contributed by atoms with Gasteiger partial charge in [0.05, 0.1) is 6.61 Å². The van der Waals surface area contributed by atoms with Crippen molar-refractivity contribution >= 4 is 41.8 Å². The Kier molecular flexibility index (Phi) is 15.2. The summed E-state index contributed by atoms with van der Waals surface area (Å²) in [6.45, 7) is 9.85. The van der Waals surface area contributed by atoms with Crippen LogP contribution in [0.25, 0.3) is 0 Å². The summed E-state index contributed by atoms with van der Waals surface area (Å²) < 4.78 is 61.3. The van der Waals surface area contributed by atoms with Crippen LogP contribution in [-0.4, -0.2) is 123 Å². The molecule has 0 aromatic heterocycles. The Morgan fingerprint density at radius 1 is 0.511 bits per heavy atom. The molecule has 2 fully saturated rings. The van der Waals surface area contributed by atoms with Gasteiger partial charge in [-0.05, 0) is 0 Å². The highest BCUT2D eigenvalue weighted by molar-refractivity contribution is 5.69. The Morgan fingerprint density at radius 2 is 0.872 bits per heavy atom. The first-order valence-electron chi connectivity index (χ1n) is 14.4. The molecule has 0 spiro atoms. The van der Waals surface area contributed by atoms with E-state index in [1.54, 1.807) is 0 Å². The molecule has 0 N–H and O–H groups in total. The van der Waals surface area contributed by atoms with Crippen molar-refractivity contribution in [1.29, 1.82) is 0 Å². The summed E-state index contributed by atoms with van der Waals surface area (Å²) in [7, 11) is 0. The lowest BCUT2D eigenvalue weighted by Gasteiger charge is -2.48. The zero-order valence-corrected chi connectivity index (χ0v) is 27.0. The Labute approximate surface area is 270 Å². The molecule has 0 aliphatic carbocycles. The van der Waals surface area contributed by atoms with Crippen LogP contribution in [-0.2, 0) is 85.7 Å². The summed E-state index contributed by atoms with van der Waals surface area (Å²) >= 11 is 0. The number of esters is 7. The molecule has 18 heteroatoms. The normalized spacial score (nSPS) is 30.1. The minimum absolute atomic E-state index is 0.110. The summed E-state index contributed by atoms with van der Waals surface area (Å²) in [5.41, 5.74) is 0. The molecule has 264 valence electrons. The fraction of sp³-hybridized carbons (Fsp3) is 0.690. The average Bonchev–Trinajstić information content (AvgIpc) is 2.94. The van der Waals surface area contributed by atoms with Gasteiger partial charge in [0.2, 0.25) is 0 Å². The number of carbonyl (C=O) groups is 7. The molecule has 2 heterocycles. The maximum Gasteiger partial charge on any atom is 0.303 e. The van der Waals surface area contributed by atoms with Crippen LogP contribution in [0, 0.1) is 0 Å². The van der Waals surface area contributed by atoms with Gasteiger partial charge in [-0.25, -0.2) is 0 Å². The average molecular weight is 677 g/mol. The second-order valence-corrected chi connectivity index (χ2v) is 10.3. The Morgan fingerprint density at radius 3 is 1.30 bits per heavy atom. The van der Waals surface area contributed by atoms with Gasteiger partial charge < -0.3 is 52.1 Å². The number of ether oxygens (including phenoxy) is 11. The van der Waals surface area contributed by atoms with E-state index in [4.69, 9.17) is 52.1 Å². The van der Waals surface area contributed by atoms with Crippen LogP contribution in [0.3, 0.4) is 0 Å². The summed E-state index contributed by atoms with van der Waals surface area (Å²) in [4.78, 5) is 84.6. The molecule has 2 rings (SSSR count). The first kappa shape index (κ1) is 39.1. The summed E-state index contributed by atoms with van der Waals surface area (Å²) in [6, 6.07) is 0. The van der Waals surface area contributed by atoms with Gasteiger partial charge in [0, 0.05) is 48.5 Å². The molecule has 2 aliphatic rings. The van der Waals surface area contributed by atoms with E-state index in [1.165, 1.54) is 6.08 Å². The van der Waals surface area contributed by atoms with Crippen molar-refractivity contribution < 1.29 is 85.7 Å². The molecule has 18 nitrogen and oxygen atoms in total. The molecule has 2 aliphatic heterocycles. The lowest BCUT2D eigenvalue weighted by atomic mass is 9.96. The quantitative estimate of drug-likeness (QED) is 0.132. The van der Waals surface area contributed by atoms with Crippen molar-refractivity contribution in [2.45, 2.75) is 110 Å². The van der Waals surface area contributed by atoms with E-state index in [-0.39, 0.29) is 6.61 Å². The van der Waals surface area contributed by atoms with Crippen molar-refractivity contribution in [1.82, 2.24) is 0 Å². The van der Waals surface area contributed by atoms with E-state index in [1.807, 2.05) is 0 Å². The van der Waals surface area contributed by atoms with Crippen LogP contribution in [0.4, 0.5) is 0 Å². The molecule has 2 saturated heterocycles. The summed E-state index contributed by atoms with van der Waals surface area (Å²) in [5.74, 6) is -5.81. The van der Waals surface area contributed by atoms with Gasteiger partial charge in [0.1, 0.15) is 31.5 Å². The number of hydrogen-bond donors (Lipinski definition) is 0. The van der Waals surface area contributed by atoms with Crippen molar-refractivity contribution in [2.75, 3.05) is 19.8 Å². The minimum atomic E-state index is -1.77. The second kappa shape index (κ2) is 18.3. The first-order chi connectivity index (χ1) is 22.0. The van der Waals surface area contributed by atoms with E-state index < -0.39 is 116 Å². The lowest BCUT2D eigenvalue weighted by Crippen LogP contribution is -2.67. The molecule has 0 aromatic carbocycles. The molecule has 6 unspecified atom stereocenters. The van der Waals surface area contributed by atoms with Gasteiger partial charge in [-0.1, -0.05) is 6.08 Å². The third-order valence-electron chi connectivity index (χ3n) is 6.26. The van der Waals surface area contributed by atoms with Crippen molar-refractivity contribution in [3.63, 3.8) is 0 Å². The van der Waals surface area contributed by atoms with Gasteiger partial charge in [-0.15, -0.1) is 6.58 Å². The largest absolute Gasteiger partial charge is 0.463 e. The number of carbonyl (C=O) groups excluding carboxylic acids is 7. The Bertz CT molecular complexity index is 1170. The Hall–Kier alpha value is -4.13. The molecule has 0 aromatic rings. The molecule has 10 atom stereocenters. The third kappa shape index (κ3) is 12.2. The van der Waals surface area contributed by atoms with Crippen LogP contribution < -0.4 is 0 Å². The van der Waals surface area contributed by atoms with Gasteiger partial charge in [0.25, 0.3) is 0 Å². The zero-order valence-electron chi connectivity index (χ0n) is 27.0. The topological polar surface area (TPSA) is 221 Å². The second-order valence-electron chi connectivity index (χ2n) is 10.3. The van der Waals surface area contributed by atoms with Crippen LogP contribution >= 0.6 is 0 Å². The minimum Gasteiger partial charge on any atom is -0.463 e. The predicted molar refractivity (Wildman–Crippen MR) is 149 cm³/mol. The van der Waals surface area contributed by atoms with E-state index >= 15 is 0 Å². The van der Waals surface area contributed by atoms with Crippen LogP contribution in [0.2, 0.25) is 0 Å². The van der Waals surface area contributed by atoms with Crippen molar-refractivity contribution in [3.8, 4) is 0 Å². The smallest absolute Gasteiger partial charge is 0.303 e. The lowest BCUT2D eigenvalue weighted by molar-refractivity contribution is -0.360. The SMILES string of the molecule is C=CCO[C@@H]1OC(COC(C)=O)[C@@H](O[C@@H]2OC(COC(C)=O)[C@H](OC(C)=O)C(OC(C)=O)C2OC(C)=O)C(OC(C)=O)C1OC(C)=O. The number of hydrogen-bond acceptors (Lipinski definition) is 18. The monoisotopic (exact) mass is 676 g/mol. The van der Waals surface area contributed by atoms with Gasteiger partial charge in [-0.3, -0.25) is 33.6 Å². The van der Waals surface area contributed by atoms with Crippen molar-refractivity contribution in [3.05, 3.63) is 12.7 Å². The van der Waals surface area contributed by atoms with E-state index in [2.05, 4.69) is 6.58 Å². The van der Waals surface area contributed by atoms with Gasteiger partial charge in [-0.2, -0.15) is 0 Å². The molecular formula is C29H40O18. The molecule has 0 saturated carbocycles. The molecule has 0 bridgehead atoms. The number of rotatable bonds is 14. The fourth-order valence-corrected chi connectivity index (χ4v) is 4.77. The summed E-state index contributed by atoms with van der Waals surface area (Å²) in [6.07, 6.45) is -13.9. The van der Waals surface area contributed by atoms with E-state index in [0.29, 0.717) is 0 Å². The van der Waals surface area contributed by atoms with E-state index in [9.17, 15) is 33.6 Å². The van der Waals surface area contributed by atoms with Crippen LogP contribution in [0.1, 0.15) is 48.5 Å². The fourth-order valence-electron chi connectivity index (χ4n) is 4.77. The molecule has 0 amide bonds. The third-order valence-corrected chi connectivity index (χ3v) is 6.26. The van der Waals surface area contributed by atoms with Crippen molar-refractivity contribution in [2.24, 2.45) is 0 Å². The van der Waals surface area contributed by atoms with Gasteiger partial charge >= 0.3 is 41.8 Å². The highest BCUT2D eigenvalue weighted by Crippen LogP contribution is 2.35. The summed E-state index contributed by atoms with van der Waals surface area (Å²) in [5, 5.41) is 0. The van der Waals surface area contributed by atoms with E-state index in [0.717, 1.165) is 48.5 Å². The first-order valence-corrected chi connectivity index (χ1v) is 14.4. The standard InChI is InChI=1S/C29H40O18/c1-9-10-37-28-26(43-18(7)35)25(42-17(6)34)23(21(45-28)12-39-14(3)31)47-29-27(44-19(8)36)24(41-16(5)33)22(40-15(4)32)20(46-29)11-38-13(2)30/h9,20-29H,1,10-12H2,2-8H3/t20?,21?,22-,23+,24?,25?,26?,27?,28+,29-/m0/s1. The zero-order chi connectivity index (χ0) is 35.4.